The van der Waals surface area contributed by atoms with Crippen molar-refractivity contribution in [1.82, 2.24) is 0 Å². The molecule has 0 saturated heterocycles. The molecule has 0 heterocycles. The van der Waals surface area contributed by atoms with Crippen LogP contribution in [0.5, 0.6) is 0 Å². The molecule has 0 N–H and O–H groups in total. The van der Waals surface area contributed by atoms with Gasteiger partial charge in [0.1, 0.15) is 6.10 Å². The fourth-order valence-corrected chi connectivity index (χ4v) is 7.48. The summed E-state index contributed by atoms with van der Waals surface area (Å²) in [5.41, 5.74) is 2.19. The van der Waals surface area contributed by atoms with E-state index >= 15 is 0 Å². The third-order valence-corrected chi connectivity index (χ3v) is 9.62. The highest BCUT2D eigenvalue weighted by Crippen LogP contribution is 2.57. The van der Waals surface area contributed by atoms with E-state index in [1.54, 1.807) is 0 Å². The van der Waals surface area contributed by atoms with Crippen LogP contribution >= 0.6 is 0 Å². The minimum atomic E-state index is -0.348. The molecule has 3 nitrogen and oxygen atoms in total. The molecule has 4 fully saturated rings. The Morgan fingerprint density at radius 1 is 0.833 bits per heavy atom. The summed E-state index contributed by atoms with van der Waals surface area (Å²) >= 11 is 0. The van der Waals surface area contributed by atoms with Gasteiger partial charge >= 0.3 is 5.97 Å². The van der Waals surface area contributed by atoms with Crippen LogP contribution in [0, 0.1) is 36.5 Å². The number of fused-ring (bicyclic) bond motifs is 2. The van der Waals surface area contributed by atoms with E-state index in [9.17, 15) is 4.79 Å². The van der Waals surface area contributed by atoms with Gasteiger partial charge in [0, 0.05) is 0 Å². The predicted molar refractivity (Wildman–Crippen MR) is 146 cm³/mol. The maximum atomic E-state index is 12.5. The highest BCUT2D eigenvalue weighted by Gasteiger charge is 2.55. The highest BCUT2D eigenvalue weighted by molar-refractivity contribution is 5.98. The van der Waals surface area contributed by atoms with Gasteiger partial charge in [0.2, 0.25) is 0 Å². The number of ether oxygens (including phenoxy) is 2. The van der Waals surface area contributed by atoms with Gasteiger partial charge in [-0.2, -0.15) is 0 Å². The van der Waals surface area contributed by atoms with Crippen LogP contribution in [0.25, 0.3) is 21.5 Å². The van der Waals surface area contributed by atoms with Gasteiger partial charge in [0.15, 0.2) is 0 Å². The van der Waals surface area contributed by atoms with E-state index in [4.69, 9.17) is 9.47 Å². The number of hydrogen-bond acceptors (Lipinski definition) is 3. The smallest absolute Gasteiger partial charge is 0.308 e. The average Bonchev–Trinajstić information content (AvgIpc) is 2.84. The third-order valence-electron chi connectivity index (χ3n) is 9.62. The molecule has 1 unspecified atom stereocenters. The van der Waals surface area contributed by atoms with Crippen LogP contribution in [-0.2, 0) is 19.9 Å². The Kier molecular flexibility index (Phi) is 5.91. The molecular formula is C33H40O3. The summed E-state index contributed by atoms with van der Waals surface area (Å²) in [7, 11) is 0. The molecule has 190 valence electrons. The molecule has 4 aliphatic rings. The van der Waals surface area contributed by atoms with Gasteiger partial charge in [-0.25, -0.2) is 0 Å². The number of aryl methyl sites for hydroxylation is 1. The van der Waals surface area contributed by atoms with Gasteiger partial charge in [-0.3, -0.25) is 4.79 Å². The number of esters is 1. The Hall–Kier alpha value is -2.39. The maximum absolute atomic E-state index is 12.5. The van der Waals surface area contributed by atoms with E-state index in [2.05, 4.69) is 76.2 Å². The predicted octanol–water partition coefficient (Wildman–Crippen LogP) is 7.95. The Labute approximate surface area is 215 Å². The second-order valence-corrected chi connectivity index (χ2v) is 12.6. The number of rotatable bonds is 6. The van der Waals surface area contributed by atoms with Crippen molar-refractivity contribution >= 4 is 27.5 Å². The van der Waals surface area contributed by atoms with Gasteiger partial charge in [-0.15, -0.1) is 0 Å². The van der Waals surface area contributed by atoms with Gasteiger partial charge in [0.25, 0.3) is 0 Å². The molecule has 4 saturated carbocycles. The second-order valence-electron chi connectivity index (χ2n) is 12.6. The van der Waals surface area contributed by atoms with Crippen LogP contribution in [0.4, 0.5) is 0 Å². The van der Waals surface area contributed by atoms with E-state index in [1.165, 1.54) is 32.7 Å². The number of carbonyl (C=O) groups excluding carboxylic acids is 1. The zero-order valence-electron chi connectivity index (χ0n) is 22.4. The summed E-state index contributed by atoms with van der Waals surface area (Å²) in [5.74, 6) is 2.20. The number of carbonyl (C=O) groups is 1. The Morgan fingerprint density at radius 2 is 1.39 bits per heavy atom. The normalized spacial score (nSPS) is 30.1. The van der Waals surface area contributed by atoms with Crippen LogP contribution in [0.15, 0.2) is 48.5 Å². The zero-order chi connectivity index (χ0) is 25.2. The average molecular weight is 485 g/mol. The molecule has 36 heavy (non-hydrogen) atoms. The quantitative estimate of drug-likeness (QED) is 0.263. The van der Waals surface area contributed by atoms with Gasteiger partial charge in [0.05, 0.1) is 17.6 Å². The third kappa shape index (κ3) is 4.14. The number of hydrogen-bond donors (Lipinski definition) is 0. The molecule has 4 bridgehead atoms. The summed E-state index contributed by atoms with van der Waals surface area (Å²) in [6.45, 7) is 10.7. The minimum absolute atomic E-state index is 0.00289. The lowest BCUT2D eigenvalue weighted by Crippen LogP contribution is -2.57. The fraction of sp³-hybridized carbons (Fsp3) is 0.545. The molecule has 0 aliphatic heterocycles. The first-order chi connectivity index (χ1) is 17.2. The Bertz CT molecular complexity index is 1280. The molecule has 4 aliphatic carbocycles. The van der Waals surface area contributed by atoms with Crippen molar-refractivity contribution in [2.75, 3.05) is 0 Å². The van der Waals surface area contributed by atoms with Crippen LogP contribution in [-0.4, -0.2) is 18.2 Å². The first-order valence-electron chi connectivity index (χ1n) is 14.0. The molecule has 3 aromatic carbocycles. The summed E-state index contributed by atoms with van der Waals surface area (Å²) in [6.07, 6.45) is 5.82. The van der Waals surface area contributed by atoms with Crippen molar-refractivity contribution < 1.29 is 14.3 Å². The number of benzene rings is 3. The van der Waals surface area contributed by atoms with Gasteiger partial charge in [-0.1, -0.05) is 49.7 Å². The van der Waals surface area contributed by atoms with Gasteiger partial charge in [-0.05, 0) is 122 Å². The molecule has 1 atom stereocenters. The van der Waals surface area contributed by atoms with E-state index in [0.29, 0.717) is 29.8 Å². The minimum Gasteiger partial charge on any atom is -0.462 e. The van der Waals surface area contributed by atoms with Crippen molar-refractivity contribution in [2.24, 2.45) is 29.6 Å². The summed E-state index contributed by atoms with van der Waals surface area (Å²) in [4.78, 5) is 12.5. The molecule has 0 amide bonds. The standard InChI is InChI=1S/C33H40O3/c1-6-20(3)32(34)35-30-25-14-27-16-26(30)17-28(15-25)31(27)36-33(4,5)29-10-9-22-12-23-11-19(2)7-8-21(23)13-24(22)18-29/h7-13,18,20,25-28,30-31H,6,14-17H2,1-5H3. The van der Waals surface area contributed by atoms with Crippen LogP contribution < -0.4 is 0 Å². The summed E-state index contributed by atoms with van der Waals surface area (Å²) in [6, 6.07) is 18.1. The molecule has 0 radical (unpaired) electrons. The van der Waals surface area contributed by atoms with E-state index in [-0.39, 0.29) is 23.6 Å². The molecule has 7 rings (SSSR count). The van der Waals surface area contributed by atoms with Crippen LogP contribution in [0.1, 0.15) is 70.9 Å². The van der Waals surface area contributed by atoms with Crippen molar-refractivity contribution in [3.63, 3.8) is 0 Å². The zero-order valence-corrected chi connectivity index (χ0v) is 22.4. The molecule has 3 aromatic rings. The SMILES string of the molecule is CCC(C)C(=O)OC1C2CC3CC1CC(C2)C3OC(C)(C)c1ccc2cc3cc(C)ccc3cc2c1. The highest BCUT2D eigenvalue weighted by atomic mass is 16.5. The lowest BCUT2D eigenvalue weighted by molar-refractivity contribution is -0.217. The molecule has 0 spiro atoms. The van der Waals surface area contributed by atoms with E-state index in [0.717, 1.165) is 32.1 Å². The monoisotopic (exact) mass is 484 g/mol. The lowest BCUT2D eigenvalue weighted by atomic mass is 9.53. The first kappa shape index (κ1) is 24.0. The van der Waals surface area contributed by atoms with Crippen molar-refractivity contribution in [3.8, 4) is 0 Å². The molecular weight excluding hydrogens is 444 g/mol. The largest absolute Gasteiger partial charge is 0.462 e. The van der Waals surface area contributed by atoms with Crippen LogP contribution in [0.3, 0.4) is 0 Å². The molecule has 3 heteroatoms. The Morgan fingerprint density at radius 3 is 2.00 bits per heavy atom. The maximum Gasteiger partial charge on any atom is 0.308 e. The van der Waals surface area contributed by atoms with Crippen molar-refractivity contribution in [1.29, 1.82) is 0 Å². The lowest BCUT2D eigenvalue weighted by Gasteiger charge is -2.58. The van der Waals surface area contributed by atoms with Gasteiger partial charge < -0.3 is 9.47 Å². The van der Waals surface area contributed by atoms with E-state index in [1.807, 2.05) is 6.92 Å². The summed E-state index contributed by atoms with van der Waals surface area (Å²) < 4.78 is 13.1. The van der Waals surface area contributed by atoms with E-state index < -0.39 is 0 Å². The summed E-state index contributed by atoms with van der Waals surface area (Å²) in [5, 5.41) is 5.14. The molecule has 0 aromatic heterocycles. The first-order valence-corrected chi connectivity index (χ1v) is 14.0. The fourth-order valence-electron chi connectivity index (χ4n) is 7.48. The Balaban J connectivity index is 1.19. The topological polar surface area (TPSA) is 35.5 Å². The second kappa shape index (κ2) is 8.87. The van der Waals surface area contributed by atoms with Crippen molar-refractivity contribution in [2.45, 2.75) is 84.5 Å². The van der Waals surface area contributed by atoms with Crippen LogP contribution in [0.2, 0.25) is 0 Å². The van der Waals surface area contributed by atoms with Crippen molar-refractivity contribution in [3.05, 3.63) is 59.7 Å².